The quantitative estimate of drug-likeness (QED) is 0.138. The van der Waals surface area contributed by atoms with Crippen molar-refractivity contribution >= 4 is 46.8 Å². The predicted molar refractivity (Wildman–Crippen MR) is 226 cm³/mol. The summed E-state index contributed by atoms with van der Waals surface area (Å²) in [5, 5.41) is 15.0. The Morgan fingerprint density at radius 2 is 1.58 bits per heavy atom. The Kier molecular flexibility index (Phi) is 12.3. The molecule has 2 saturated heterocycles. The highest BCUT2D eigenvalue weighted by Crippen LogP contribution is 2.54. The van der Waals surface area contributed by atoms with Crippen molar-refractivity contribution in [3.05, 3.63) is 87.9 Å². The summed E-state index contributed by atoms with van der Waals surface area (Å²) < 4.78 is 12.1. The van der Waals surface area contributed by atoms with Crippen LogP contribution in [0.4, 0.5) is 5.69 Å². The first-order valence-electron chi connectivity index (χ1n) is 20.8. The largest absolute Gasteiger partial charge is 0.494 e. The normalized spacial score (nSPS) is 24.9. The molecular weight excluding hydrogens is 784 g/mol. The highest BCUT2D eigenvalue weighted by atomic mass is 35.5. The number of carbonyl (C=O) groups is 5. The number of nitrogens with one attached hydrogen (secondary N) is 2. The van der Waals surface area contributed by atoms with Crippen LogP contribution >= 0.6 is 11.6 Å². The van der Waals surface area contributed by atoms with Crippen molar-refractivity contribution in [1.82, 2.24) is 20.4 Å². The van der Waals surface area contributed by atoms with E-state index >= 15 is 0 Å². The summed E-state index contributed by atoms with van der Waals surface area (Å²) in [6.07, 6.45) is 3.86. The zero-order valence-electron chi connectivity index (χ0n) is 34.9. The zero-order chi connectivity index (χ0) is 42.9. The highest BCUT2D eigenvalue weighted by Gasteiger charge is 2.57. The molecule has 1 unspecified atom stereocenters. The zero-order valence-corrected chi connectivity index (χ0v) is 35.6. The topological polar surface area (TPSA) is 161 Å². The molecule has 3 aliphatic heterocycles. The Hall–Kier alpha value is -5.45. The molecule has 316 valence electrons. The third-order valence-electron chi connectivity index (χ3n) is 12.6. The van der Waals surface area contributed by atoms with E-state index in [1.54, 1.807) is 36.4 Å². The highest BCUT2D eigenvalue weighted by molar-refractivity contribution is 6.31. The summed E-state index contributed by atoms with van der Waals surface area (Å²) in [4.78, 5) is 69.5. The summed E-state index contributed by atoms with van der Waals surface area (Å²) in [5.41, 5.74) is 2.16. The van der Waals surface area contributed by atoms with Crippen LogP contribution in [0.5, 0.6) is 11.5 Å². The summed E-state index contributed by atoms with van der Waals surface area (Å²) >= 11 is 6.21. The fourth-order valence-electron chi connectivity index (χ4n) is 9.84. The Bertz CT molecular complexity index is 2210. The lowest BCUT2D eigenvalue weighted by Gasteiger charge is -2.58. The van der Waals surface area contributed by atoms with Crippen molar-refractivity contribution in [2.75, 3.05) is 37.7 Å². The van der Waals surface area contributed by atoms with E-state index in [1.165, 1.54) is 0 Å². The molecule has 7 rings (SSSR count). The number of piperidine rings is 1. The Morgan fingerprint density at radius 3 is 2.25 bits per heavy atom. The molecule has 5 atom stereocenters. The van der Waals surface area contributed by atoms with Crippen molar-refractivity contribution in [2.45, 2.75) is 97.3 Å². The lowest BCUT2D eigenvalue weighted by atomic mass is 9.51. The van der Waals surface area contributed by atoms with Gasteiger partial charge in [0.25, 0.3) is 17.7 Å². The van der Waals surface area contributed by atoms with Crippen LogP contribution in [0.25, 0.3) is 0 Å². The van der Waals surface area contributed by atoms with Gasteiger partial charge >= 0.3 is 0 Å². The molecule has 2 N–H and O–H groups in total. The van der Waals surface area contributed by atoms with Gasteiger partial charge in [-0.15, -0.1) is 0 Å². The molecule has 1 aliphatic carbocycles. The van der Waals surface area contributed by atoms with Crippen molar-refractivity contribution in [2.24, 2.45) is 10.8 Å². The van der Waals surface area contributed by atoms with Crippen LogP contribution in [-0.2, 0) is 9.59 Å². The minimum Gasteiger partial charge on any atom is -0.494 e. The molecule has 60 heavy (non-hydrogen) atoms. The Morgan fingerprint density at radius 1 is 0.900 bits per heavy atom. The molecule has 3 aromatic carbocycles. The monoisotopic (exact) mass is 836 g/mol. The van der Waals surface area contributed by atoms with Gasteiger partial charge in [0.15, 0.2) is 0 Å². The number of imide groups is 2. The van der Waals surface area contributed by atoms with Crippen LogP contribution in [-0.4, -0.2) is 96.4 Å². The van der Waals surface area contributed by atoms with Crippen molar-refractivity contribution in [3.63, 3.8) is 0 Å². The standard InChI is InChI=1S/C46H53ClN6O7/c1-28-24-51(32-12-9-30(10-13-32)40(55)50-44-45(3,4)26-46(44,5)27-60-34-14-11-31(23-48)37(47)22-34)25-29(2)52(28)19-7-6-8-20-59-33-15-16-35-36(21-33)43(58)53(42(35)57)38-17-18-39(54)49-41(38)56/h9-16,21-22,28-29,38,44H,6-8,17-20,24-27H2,1-5H3,(H,50,55)(H,49,54,56)/t28-,29+,38?,44-,46+/m1/s1. The maximum absolute atomic E-state index is 13.6. The third-order valence-corrected chi connectivity index (χ3v) is 12.9. The smallest absolute Gasteiger partial charge is 0.262 e. The summed E-state index contributed by atoms with van der Waals surface area (Å²) in [7, 11) is 0. The number of ether oxygens (including phenoxy) is 2. The number of rotatable bonds is 14. The molecule has 3 aromatic rings. The van der Waals surface area contributed by atoms with E-state index in [0.717, 1.165) is 55.9 Å². The number of piperazine rings is 1. The van der Waals surface area contributed by atoms with E-state index in [9.17, 15) is 29.2 Å². The lowest BCUT2D eigenvalue weighted by molar-refractivity contribution is -0.136. The average molecular weight is 837 g/mol. The van der Waals surface area contributed by atoms with Gasteiger partial charge in [-0.25, -0.2) is 0 Å². The molecule has 5 amide bonds. The summed E-state index contributed by atoms with van der Waals surface area (Å²) in [5.74, 6) is -1.15. The molecular formula is C46H53ClN6O7. The minimum atomic E-state index is -1.000. The first-order valence-corrected chi connectivity index (χ1v) is 21.2. The maximum Gasteiger partial charge on any atom is 0.262 e. The second kappa shape index (κ2) is 17.3. The van der Waals surface area contributed by atoms with Gasteiger partial charge < -0.3 is 19.7 Å². The summed E-state index contributed by atoms with van der Waals surface area (Å²) in [6, 6.07) is 19.4. The molecule has 3 heterocycles. The van der Waals surface area contributed by atoms with E-state index in [1.807, 2.05) is 24.3 Å². The van der Waals surface area contributed by atoms with Crippen molar-refractivity contribution < 1.29 is 33.4 Å². The van der Waals surface area contributed by atoms with Crippen LogP contribution in [0, 0.1) is 22.2 Å². The molecule has 3 fully saturated rings. The van der Waals surface area contributed by atoms with Crippen LogP contribution in [0.15, 0.2) is 60.7 Å². The number of unbranched alkanes of at least 4 members (excludes halogenated alkanes) is 2. The first kappa shape index (κ1) is 42.7. The van der Waals surface area contributed by atoms with Crippen molar-refractivity contribution in [1.29, 1.82) is 5.26 Å². The van der Waals surface area contributed by atoms with E-state index in [0.29, 0.717) is 52.9 Å². The third kappa shape index (κ3) is 8.72. The minimum absolute atomic E-state index is 0.0731. The molecule has 0 radical (unpaired) electrons. The number of nitrogens with zero attached hydrogens (tertiary/aromatic N) is 4. The van der Waals surface area contributed by atoms with Gasteiger partial charge in [0, 0.05) is 60.4 Å². The second-order valence-electron chi connectivity index (χ2n) is 17.7. The second-order valence-corrected chi connectivity index (χ2v) is 18.1. The number of nitriles is 1. The number of benzene rings is 3. The number of hydrogen-bond acceptors (Lipinski definition) is 10. The SMILES string of the molecule is C[C@@H]1CN(c2ccc(C(=O)N[C@@H]3C(C)(C)C[C@@]3(C)COc3ccc(C#N)c(Cl)c3)cc2)C[C@H](C)N1CCCCCOc1ccc2c(c1)C(=O)N(C1CCC(=O)NC1=O)C2=O. The van der Waals surface area contributed by atoms with E-state index in [4.69, 9.17) is 21.1 Å². The van der Waals surface area contributed by atoms with E-state index in [2.05, 4.69) is 61.1 Å². The maximum atomic E-state index is 13.6. The Labute approximate surface area is 356 Å². The van der Waals surface area contributed by atoms with Crippen LogP contribution in [0.2, 0.25) is 5.02 Å². The number of halogens is 1. The van der Waals surface area contributed by atoms with E-state index in [-0.39, 0.29) is 46.7 Å². The lowest BCUT2D eigenvalue weighted by Crippen LogP contribution is -2.66. The fourth-order valence-corrected chi connectivity index (χ4v) is 10.0. The van der Waals surface area contributed by atoms with Gasteiger partial charge in [-0.1, -0.05) is 32.4 Å². The van der Waals surface area contributed by atoms with Gasteiger partial charge in [0.05, 0.1) is 34.9 Å². The average Bonchev–Trinajstić information content (AvgIpc) is 3.45. The number of fused-ring (bicyclic) bond motifs is 1. The van der Waals surface area contributed by atoms with Crippen LogP contribution in [0.3, 0.4) is 0 Å². The Balaban J connectivity index is 0.839. The number of carbonyl (C=O) groups excluding carboxylic acids is 5. The molecule has 0 aromatic heterocycles. The predicted octanol–water partition coefficient (Wildman–Crippen LogP) is 6.37. The molecule has 0 spiro atoms. The summed E-state index contributed by atoms with van der Waals surface area (Å²) in [6.45, 7) is 14.5. The van der Waals surface area contributed by atoms with Crippen molar-refractivity contribution in [3.8, 4) is 17.6 Å². The molecule has 14 heteroatoms. The number of anilines is 1. The van der Waals surface area contributed by atoms with Crippen LogP contribution in [0.1, 0.15) is 110 Å². The van der Waals surface area contributed by atoms with Gasteiger partial charge in [-0.2, -0.15) is 5.26 Å². The van der Waals surface area contributed by atoms with Gasteiger partial charge in [-0.3, -0.25) is 39.1 Å². The fraction of sp³-hybridized carbons (Fsp3) is 0.478. The number of amides is 5. The molecule has 13 nitrogen and oxygen atoms in total. The first-order chi connectivity index (χ1) is 28.6. The van der Waals surface area contributed by atoms with Gasteiger partial charge in [-0.05, 0) is 113 Å². The van der Waals surface area contributed by atoms with E-state index < -0.39 is 29.7 Å². The van der Waals surface area contributed by atoms with Gasteiger partial charge in [0.2, 0.25) is 11.8 Å². The molecule has 4 aliphatic rings. The molecule has 1 saturated carbocycles. The molecule has 0 bridgehead atoms. The van der Waals surface area contributed by atoms with Gasteiger partial charge in [0.1, 0.15) is 23.6 Å². The number of hydrogen-bond donors (Lipinski definition) is 2. The van der Waals surface area contributed by atoms with Crippen LogP contribution < -0.4 is 25.0 Å².